The summed E-state index contributed by atoms with van der Waals surface area (Å²) >= 11 is 0. The molecule has 0 spiro atoms. The van der Waals surface area contributed by atoms with E-state index in [-0.39, 0.29) is 11.8 Å². The first-order valence-electron chi connectivity index (χ1n) is 11.0. The maximum atomic E-state index is 12.4. The van der Waals surface area contributed by atoms with Gasteiger partial charge in [-0.15, -0.1) is 0 Å². The monoisotopic (exact) mass is 403 g/mol. The van der Waals surface area contributed by atoms with E-state index in [4.69, 9.17) is 10.1 Å². The van der Waals surface area contributed by atoms with E-state index in [1.165, 1.54) is 11.1 Å². The number of carbonyl (C=O) groups is 1. The van der Waals surface area contributed by atoms with Gasteiger partial charge in [-0.2, -0.15) is 9.61 Å². The van der Waals surface area contributed by atoms with Crippen LogP contribution in [0.5, 0.6) is 0 Å². The summed E-state index contributed by atoms with van der Waals surface area (Å²) in [6.07, 6.45) is 4.04. The first kappa shape index (κ1) is 19.1. The smallest absolute Gasteiger partial charge is 0.223 e. The molecule has 1 aliphatic heterocycles. The fourth-order valence-corrected chi connectivity index (χ4v) is 4.49. The van der Waals surface area contributed by atoms with Gasteiger partial charge in [0.15, 0.2) is 5.65 Å². The Labute approximate surface area is 177 Å². The van der Waals surface area contributed by atoms with Crippen LogP contribution >= 0.6 is 0 Å². The van der Waals surface area contributed by atoms with Gasteiger partial charge in [0.2, 0.25) is 5.91 Å². The number of anilines is 1. The predicted octanol–water partition coefficient (Wildman–Crippen LogP) is 3.82. The zero-order valence-electron chi connectivity index (χ0n) is 18.0. The highest BCUT2D eigenvalue weighted by atomic mass is 16.2. The number of rotatable bonds is 4. The highest BCUT2D eigenvalue weighted by Crippen LogP contribution is 2.28. The van der Waals surface area contributed by atoms with E-state index in [1.54, 1.807) is 0 Å². The van der Waals surface area contributed by atoms with Crippen LogP contribution in [0.3, 0.4) is 0 Å². The van der Waals surface area contributed by atoms with Crippen molar-refractivity contribution in [1.29, 1.82) is 0 Å². The van der Waals surface area contributed by atoms with Crippen LogP contribution in [0.1, 0.15) is 42.5 Å². The van der Waals surface area contributed by atoms with E-state index in [2.05, 4.69) is 54.4 Å². The third kappa shape index (κ3) is 3.78. The molecule has 1 N–H and O–H groups in total. The summed E-state index contributed by atoms with van der Waals surface area (Å²) in [5.41, 5.74) is 6.39. The van der Waals surface area contributed by atoms with Crippen LogP contribution in [0.25, 0.3) is 16.9 Å². The molecule has 1 saturated carbocycles. The van der Waals surface area contributed by atoms with Crippen molar-refractivity contribution in [2.75, 3.05) is 18.0 Å². The van der Waals surface area contributed by atoms with Crippen molar-refractivity contribution >= 4 is 17.4 Å². The van der Waals surface area contributed by atoms with Gasteiger partial charge in [0.25, 0.3) is 0 Å². The lowest BCUT2D eigenvalue weighted by atomic mass is 9.96. The lowest BCUT2D eigenvalue weighted by molar-refractivity contribution is -0.125. The van der Waals surface area contributed by atoms with Gasteiger partial charge < -0.3 is 10.2 Å². The first-order chi connectivity index (χ1) is 14.5. The van der Waals surface area contributed by atoms with Gasteiger partial charge in [0.05, 0.1) is 5.69 Å². The fourth-order valence-electron chi connectivity index (χ4n) is 4.49. The molecule has 0 radical (unpaired) electrons. The minimum absolute atomic E-state index is 0.128. The molecule has 156 valence electrons. The Morgan fingerprint density at radius 1 is 0.967 bits per heavy atom. The average molecular weight is 404 g/mol. The second kappa shape index (κ2) is 7.42. The number of nitrogens with one attached hydrogen (secondary N) is 1. The molecule has 2 fully saturated rings. The van der Waals surface area contributed by atoms with Crippen molar-refractivity contribution in [3.63, 3.8) is 0 Å². The Bertz CT molecular complexity index is 1090. The number of amides is 1. The normalized spacial score (nSPS) is 17.5. The average Bonchev–Trinajstić information content (AvgIpc) is 3.42. The molecule has 1 aliphatic carbocycles. The quantitative estimate of drug-likeness (QED) is 0.719. The van der Waals surface area contributed by atoms with Crippen molar-refractivity contribution in [3.05, 3.63) is 47.2 Å². The van der Waals surface area contributed by atoms with Crippen LogP contribution < -0.4 is 10.2 Å². The molecule has 30 heavy (non-hydrogen) atoms. The Morgan fingerprint density at radius 3 is 2.33 bits per heavy atom. The van der Waals surface area contributed by atoms with Gasteiger partial charge in [-0.3, -0.25) is 4.79 Å². The maximum absolute atomic E-state index is 12.4. The molecule has 2 aliphatic rings. The molecule has 5 rings (SSSR count). The van der Waals surface area contributed by atoms with E-state index in [9.17, 15) is 4.79 Å². The number of aromatic nitrogens is 3. The third-order valence-corrected chi connectivity index (χ3v) is 6.17. The Kier molecular flexibility index (Phi) is 4.72. The number of nitrogens with zero attached hydrogens (tertiary/aromatic N) is 4. The van der Waals surface area contributed by atoms with Crippen LogP contribution in [-0.2, 0) is 4.79 Å². The zero-order valence-corrected chi connectivity index (χ0v) is 18.0. The summed E-state index contributed by atoms with van der Waals surface area (Å²) in [6.45, 7) is 7.98. The Hall–Kier alpha value is -2.89. The van der Waals surface area contributed by atoms with Gasteiger partial charge >= 0.3 is 0 Å². The third-order valence-electron chi connectivity index (χ3n) is 6.17. The van der Waals surface area contributed by atoms with E-state index < -0.39 is 0 Å². The lowest BCUT2D eigenvalue weighted by Gasteiger charge is -2.33. The topological polar surface area (TPSA) is 62.5 Å². The van der Waals surface area contributed by atoms with Crippen molar-refractivity contribution in [3.8, 4) is 11.3 Å². The van der Waals surface area contributed by atoms with Gasteiger partial charge in [-0.05, 0) is 58.6 Å². The van der Waals surface area contributed by atoms with Gasteiger partial charge in [0.1, 0.15) is 5.82 Å². The van der Waals surface area contributed by atoms with Gasteiger partial charge in [-0.1, -0.05) is 17.2 Å². The zero-order chi connectivity index (χ0) is 20.8. The maximum Gasteiger partial charge on any atom is 0.223 e. The standard InChI is InChI=1S/C24H29N5O/c1-15-10-16(2)12-19(11-15)21-14-22-25-17(3)13-23(29(22)27-21)28-8-6-18(7-9-28)24(30)26-20-4-5-20/h10-14,18,20H,4-9H2,1-3H3,(H,26,30). The molecule has 3 heterocycles. The summed E-state index contributed by atoms with van der Waals surface area (Å²) in [6, 6.07) is 11.1. The van der Waals surface area contributed by atoms with E-state index in [1.807, 2.05) is 11.4 Å². The number of hydrogen-bond acceptors (Lipinski definition) is 4. The predicted molar refractivity (Wildman–Crippen MR) is 119 cm³/mol. The Balaban J connectivity index is 1.41. The summed E-state index contributed by atoms with van der Waals surface area (Å²) < 4.78 is 1.96. The number of fused-ring (bicyclic) bond motifs is 1. The molecule has 0 unspecified atom stereocenters. The fraction of sp³-hybridized carbons (Fsp3) is 0.458. The minimum atomic E-state index is 0.128. The van der Waals surface area contributed by atoms with E-state index in [0.717, 1.165) is 67.2 Å². The lowest BCUT2D eigenvalue weighted by Crippen LogP contribution is -2.41. The number of aryl methyl sites for hydroxylation is 3. The van der Waals surface area contributed by atoms with Crippen molar-refractivity contribution in [2.45, 2.75) is 52.5 Å². The minimum Gasteiger partial charge on any atom is -0.356 e. The largest absolute Gasteiger partial charge is 0.356 e. The number of carbonyl (C=O) groups excluding carboxylic acids is 1. The second-order valence-electron chi connectivity index (χ2n) is 8.98. The van der Waals surface area contributed by atoms with E-state index >= 15 is 0 Å². The molecule has 1 saturated heterocycles. The van der Waals surface area contributed by atoms with Crippen LogP contribution in [0.2, 0.25) is 0 Å². The highest BCUT2D eigenvalue weighted by molar-refractivity contribution is 5.79. The summed E-state index contributed by atoms with van der Waals surface area (Å²) in [5.74, 6) is 1.43. The molecule has 1 aromatic carbocycles. The molecule has 0 atom stereocenters. The molecule has 6 heteroatoms. The van der Waals surface area contributed by atoms with Crippen molar-refractivity contribution in [2.24, 2.45) is 5.92 Å². The highest BCUT2D eigenvalue weighted by Gasteiger charge is 2.30. The van der Waals surface area contributed by atoms with E-state index in [0.29, 0.717) is 6.04 Å². The molecular formula is C24H29N5O. The molecule has 6 nitrogen and oxygen atoms in total. The van der Waals surface area contributed by atoms with Crippen molar-refractivity contribution < 1.29 is 4.79 Å². The van der Waals surface area contributed by atoms with Crippen LogP contribution in [0, 0.1) is 26.7 Å². The molecule has 0 bridgehead atoms. The van der Waals surface area contributed by atoms with Crippen LogP contribution in [-0.4, -0.2) is 39.6 Å². The molecular weight excluding hydrogens is 374 g/mol. The first-order valence-corrected chi connectivity index (χ1v) is 11.0. The van der Waals surface area contributed by atoms with Crippen LogP contribution in [0.15, 0.2) is 30.3 Å². The summed E-state index contributed by atoms with van der Waals surface area (Å²) in [5, 5.41) is 8.08. The SMILES string of the molecule is Cc1cc(C)cc(-c2cc3nc(C)cc(N4CCC(C(=O)NC5CC5)CC4)n3n2)c1. The van der Waals surface area contributed by atoms with Crippen LogP contribution in [0.4, 0.5) is 5.82 Å². The van der Waals surface area contributed by atoms with Crippen molar-refractivity contribution in [1.82, 2.24) is 19.9 Å². The number of hydrogen-bond donors (Lipinski definition) is 1. The number of piperidine rings is 1. The summed E-state index contributed by atoms with van der Waals surface area (Å²) in [4.78, 5) is 19.5. The molecule has 2 aromatic heterocycles. The van der Waals surface area contributed by atoms with Gasteiger partial charge in [-0.25, -0.2) is 4.98 Å². The Morgan fingerprint density at radius 2 is 1.67 bits per heavy atom. The summed E-state index contributed by atoms with van der Waals surface area (Å²) in [7, 11) is 0. The van der Waals surface area contributed by atoms with Gasteiger partial charge in [0, 0.05) is 48.4 Å². The molecule has 1 amide bonds. The number of benzene rings is 1. The molecule has 3 aromatic rings. The second-order valence-corrected chi connectivity index (χ2v) is 8.98.